The van der Waals surface area contributed by atoms with E-state index < -0.39 is 5.91 Å². The van der Waals surface area contributed by atoms with Gasteiger partial charge in [0, 0.05) is 18.7 Å². The molecule has 2 aliphatic rings. The molecule has 3 amide bonds. The largest absolute Gasteiger partial charge is 0.459 e. The van der Waals surface area contributed by atoms with Crippen LogP contribution in [0.1, 0.15) is 27.3 Å². The van der Waals surface area contributed by atoms with Gasteiger partial charge in [0.25, 0.3) is 17.7 Å². The van der Waals surface area contributed by atoms with E-state index in [0.717, 1.165) is 0 Å². The molecule has 0 bridgehead atoms. The summed E-state index contributed by atoms with van der Waals surface area (Å²) in [7, 11) is 0. The Bertz CT molecular complexity index is 879. The van der Waals surface area contributed by atoms with Gasteiger partial charge < -0.3 is 19.2 Å². The average Bonchev–Trinajstić information content (AvgIpc) is 3.45. The van der Waals surface area contributed by atoms with E-state index >= 15 is 0 Å². The van der Waals surface area contributed by atoms with Crippen LogP contribution in [0.25, 0.3) is 0 Å². The third kappa shape index (κ3) is 3.31. The Kier molecular flexibility index (Phi) is 4.41. The van der Waals surface area contributed by atoms with Crippen LogP contribution >= 0.6 is 0 Å². The Morgan fingerprint density at radius 2 is 1.85 bits per heavy atom. The minimum Gasteiger partial charge on any atom is -0.459 e. The SMILES string of the molecule is O=C(NCC(=O)N1CCCN1C(=O)c1ccc2c(c1)OCO2)c1ccco1. The van der Waals surface area contributed by atoms with Crippen LogP contribution in [-0.2, 0) is 4.79 Å². The molecule has 4 rings (SSSR count). The number of hydrogen-bond acceptors (Lipinski definition) is 6. The van der Waals surface area contributed by atoms with Gasteiger partial charge in [-0.05, 0) is 36.8 Å². The van der Waals surface area contributed by atoms with E-state index in [-0.39, 0.29) is 30.9 Å². The lowest BCUT2D eigenvalue weighted by atomic mass is 10.2. The molecule has 0 atom stereocenters. The lowest BCUT2D eigenvalue weighted by Crippen LogP contribution is -2.48. The maximum Gasteiger partial charge on any atom is 0.287 e. The number of hydrogen-bond donors (Lipinski definition) is 1. The van der Waals surface area contributed by atoms with Crippen molar-refractivity contribution < 1.29 is 28.3 Å². The number of carbonyl (C=O) groups excluding carboxylic acids is 3. The molecule has 9 nitrogen and oxygen atoms in total. The first-order valence-electron chi connectivity index (χ1n) is 8.47. The third-order valence-corrected chi connectivity index (χ3v) is 4.32. The fraction of sp³-hybridized carbons (Fsp3) is 0.278. The molecule has 140 valence electrons. The Morgan fingerprint density at radius 3 is 2.67 bits per heavy atom. The van der Waals surface area contributed by atoms with Crippen molar-refractivity contribution in [3.8, 4) is 11.5 Å². The van der Waals surface area contributed by atoms with Gasteiger partial charge in [-0.3, -0.25) is 14.4 Å². The summed E-state index contributed by atoms with van der Waals surface area (Å²) >= 11 is 0. The first-order valence-corrected chi connectivity index (χ1v) is 8.47. The van der Waals surface area contributed by atoms with Crippen molar-refractivity contribution in [2.24, 2.45) is 0 Å². The van der Waals surface area contributed by atoms with Gasteiger partial charge in [0.15, 0.2) is 17.3 Å². The molecule has 0 unspecified atom stereocenters. The summed E-state index contributed by atoms with van der Waals surface area (Å²) in [6.07, 6.45) is 2.04. The van der Waals surface area contributed by atoms with Crippen LogP contribution < -0.4 is 14.8 Å². The molecule has 0 saturated carbocycles. The van der Waals surface area contributed by atoms with Crippen molar-refractivity contribution in [2.45, 2.75) is 6.42 Å². The molecule has 1 aromatic carbocycles. The first kappa shape index (κ1) is 17.0. The molecular weight excluding hydrogens is 354 g/mol. The van der Waals surface area contributed by atoms with Crippen LogP contribution in [0.15, 0.2) is 41.0 Å². The van der Waals surface area contributed by atoms with E-state index in [4.69, 9.17) is 13.9 Å². The van der Waals surface area contributed by atoms with Gasteiger partial charge in [-0.2, -0.15) is 0 Å². The highest BCUT2D eigenvalue weighted by Gasteiger charge is 2.32. The van der Waals surface area contributed by atoms with Crippen molar-refractivity contribution in [1.82, 2.24) is 15.3 Å². The Morgan fingerprint density at radius 1 is 1.04 bits per heavy atom. The zero-order valence-corrected chi connectivity index (χ0v) is 14.3. The second-order valence-corrected chi connectivity index (χ2v) is 6.03. The smallest absolute Gasteiger partial charge is 0.287 e. The van der Waals surface area contributed by atoms with Gasteiger partial charge >= 0.3 is 0 Å². The maximum atomic E-state index is 12.8. The molecule has 9 heteroatoms. The third-order valence-electron chi connectivity index (χ3n) is 4.32. The summed E-state index contributed by atoms with van der Waals surface area (Å²) in [5.74, 6) is 0.0434. The highest BCUT2D eigenvalue weighted by molar-refractivity contribution is 5.97. The average molecular weight is 371 g/mol. The van der Waals surface area contributed by atoms with Crippen LogP contribution in [0, 0.1) is 0 Å². The Labute approximate surface area is 154 Å². The lowest BCUT2D eigenvalue weighted by Gasteiger charge is -2.28. The van der Waals surface area contributed by atoms with E-state index in [1.807, 2.05) is 0 Å². The zero-order valence-electron chi connectivity index (χ0n) is 14.3. The highest BCUT2D eigenvalue weighted by atomic mass is 16.7. The summed E-state index contributed by atoms with van der Waals surface area (Å²) in [6.45, 7) is 0.720. The molecule has 1 saturated heterocycles. The maximum absolute atomic E-state index is 12.8. The number of nitrogens with zero attached hydrogens (tertiary/aromatic N) is 2. The van der Waals surface area contributed by atoms with Crippen LogP contribution in [0.5, 0.6) is 11.5 Å². The van der Waals surface area contributed by atoms with Crippen LogP contribution in [0.3, 0.4) is 0 Å². The molecule has 27 heavy (non-hydrogen) atoms. The lowest BCUT2D eigenvalue weighted by molar-refractivity contribution is -0.139. The summed E-state index contributed by atoms with van der Waals surface area (Å²) in [5.41, 5.74) is 0.401. The number of benzene rings is 1. The topological polar surface area (TPSA) is 101 Å². The quantitative estimate of drug-likeness (QED) is 0.861. The molecule has 0 aliphatic carbocycles. The minimum atomic E-state index is -0.485. The van der Waals surface area contributed by atoms with Gasteiger partial charge in [-0.25, -0.2) is 10.0 Å². The second-order valence-electron chi connectivity index (χ2n) is 6.03. The number of rotatable bonds is 4. The predicted octanol–water partition coefficient (Wildman–Crippen LogP) is 1.03. The van der Waals surface area contributed by atoms with Gasteiger partial charge in [0.1, 0.15) is 0 Å². The van der Waals surface area contributed by atoms with E-state index in [9.17, 15) is 14.4 Å². The fourth-order valence-corrected chi connectivity index (χ4v) is 3.00. The van der Waals surface area contributed by atoms with E-state index in [1.165, 1.54) is 22.3 Å². The van der Waals surface area contributed by atoms with E-state index in [2.05, 4.69) is 5.32 Å². The second kappa shape index (κ2) is 7.02. The Hall–Kier alpha value is -3.49. The first-order chi connectivity index (χ1) is 13.1. The number of ether oxygens (including phenoxy) is 2. The van der Waals surface area contributed by atoms with Crippen molar-refractivity contribution in [3.63, 3.8) is 0 Å². The summed E-state index contributed by atoms with van der Waals surface area (Å²) in [4.78, 5) is 37.2. The van der Waals surface area contributed by atoms with Crippen molar-refractivity contribution in [3.05, 3.63) is 47.9 Å². The summed E-state index contributed by atoms with van der Waals surface area (Å²) in [5, 5.41) is 5.24. The fourth-order valence-electron chi connectivity index (χ4n) is 3.00. The Balaban J connectivity index is 1.41. The number of furan rings is 1. The zero-order chi connectivity index (χ0) is 18.8. The molecule has 1 fully saturated rings. The van der Waals surface area contributed by atoms with Gasteiger partial charge in [0.2, 0.25) is 6.79 Å². The van der Waals surface area contributed by atoms with Crippen molar-refractivity contribution in [1.29, 1.82) is 0 Å². The van der Waals surface area contributed by atoms with Crippen molar-refractivity contribution in [2.75, 3.05) is 26.4 Å². The van der Waals surface area contributed by atoms with Crippen LogP contribution in [0.2, 0.25) is 0 Å². The molecule has 2 aromatic rings. The molecule has 2 aliphatic heterocycles. The monoisotopic (exact) mass is 371 g/mol. The standard InChI is InChI=1S/C18H17N3O6/c22-16(10-19-17(23)14-3-1-8-25-14)20-6-2-7-21(20)18(24)12-4-5-13-15(9-12)27-11-26-13/h1,3-5,8-9H,2,6-7,10-11H2,(H,19,23). The van der Waals surface area contributed by atoms with Gasteiger partial charge in [0.05, 0.1) is 12.8 Å². The van der Waals surface area contributed by atoms with E-state index in [0.29, 0.717) is 36.6 Å². The van der Waals surface area contributed by atoms with Gasteiger partial charge in [-0.1, -0.05) is 0 Å². The molecule has 0 spiro atoms. The predicted molar refractivity (Wildman–Crippen MR) is 91.0 cm³/mol. The number of amides is 3. The summed E-state index contributed by atoms with van der Waals surface area (Å²) in [6, 6.07) is 8.00. The molecule has 1 aromatic heterocycles. The molecule has 3 heterocycles. The highest BCUT2D eigenvalue weighted by Crippen LogP contribution is 2.33. The van der Waals surface area contributed by atoms with E-state index in [1.54, 1.807) is 24.3 Å². The van der Waals surface area contributed by atoms with Gasteiger partial charge in [-0.15, -0.1) is 0 Å². The number of fused-ring (bicyclic) bond motifs is 1. The molecule has 0 radical (unpaired) electrons. The number of carbonyl (C=O) groups is 3. The molecular formula is C18H17N3O6. The normalized spacial score (nSPS) is 15.1. The number of hydrazine groups is 1. The molecule has 1 N–H and O–H groups in total. The summed E-state index contributed by atoms with van der Waals surface area (Å²) < 4.78 is 15.5. The van der Waals surface area contributed by atoms with Crippen LogP contribution in [0.4, 0.5) is 0 Å². The van der Waals surface area contributed by atoms with Crippen LogP contribution in [-0.4, -0.2) is 54.2 Å². The number of nitrogens with one attached hydrogen (secondary N) is 1. The minimum absolute atomic E-state index is 0.122. The van der Waals surface area contributed by atoms with Crippen molar-refractivity contribution >= 4 is 17.7 Å².